The summed E-state index contributed by atoms with van der Waals surface area (Å²) in [6.45, 7) is 7.22. The van der Waals surface area contributed by atoms with E-state index in [2.05, 4.69) is 38.2 Å². The molecule has 0 saturated carbocycles. The van der Waals surface area contributed by atoms with Crippen molar-refractivity contribution >= 4 is 11.6 Å². The van der Waals surface area contributed by atoms with Gasteiger partial charge in [0.25, 0.3) is 0 Å². The summed E-state index contributed by atoms with van der Waals surface area (Å²) in [6.07, 6.45) is 0. The number of furan rings is 1. The van der Waals surface area contributed by atoms with Crippen molar-refractivity contribution in [3.05, 3.63) is 23.1 Å². The number of halogens is 1. The van der Waals surface area contributed by atoms with E-state index in [0.29, 0.717) is 5.22 Å². The first-order valence-corrected chi connectivity index (χ1v) is 5.86. The maximum atomic E-state index is 5.70. The fourth-order valence-corrected chi connectivity index (χ4v) is 2.04. The largest absolute Gasteiger partial charge is 0.448 e. The minimum Gasteiger partial charge on any atom is -0.448 e. The summed E-state index contributed by atoms with van der Waals surface area (Å²) < 4.78 is 5.27. The number of hydrogen-bond acceptors (Lipinski definition) is 3. The highest BCUT2D eigenvalue weighted by Crippen LogP contribution is 2.16. The predicted molar refractivity (Wildman–Crippen MR) is 67.8 cm³/mol. The molecular weight excluding hydrogens is 224 g/mol. The van der Waals surface area contributed by atoms with Crippen molar-refractivity contribution in [2.75, 3.05) is 27.2 Å². The van der Waals surface area contributed by atoms with Gasteiger partial charge in [-0.15, -0.1) is 0 Å². The molecule has 0 saturated heterocycles. The predicted octanol–water partition coefficient (Wildman–Crippen LogP) is 2.61. The number of hydrogen-bond donors (Lipinski definition) is 1. The van der Waals surface area contributed by atoms with Gasteiger partial charge in [-0.2, -0.15) is 0 Å². The second-order valence-electron chi connectivity index (χ2n) is 5.21. The molecular formula is C12H21ClN2O. The highest BCUT2D eigenvalue weighted by Gasteiger charge is 2.18. The molecule has 0 amide bonds. The van der Waals surface area contributed by atoms with E-state index in [4.69, 9.17) is 16.0 Å². The summed E-state index contributed by atoms with van der Waals surface area (Å²) >= 11 is 5.70. The molecule has 3 nitrogen and oxygen atoms in total. The first-order valence-electron chi connectivity index (χ1n) is 5.49. The zero-order valence-electron chi connectivity index (χ0n) is 10.5. The average Bonchev–Trinajstić information content (AvgIpc) is 2.48. The third-order valence-corrected chi connectivity index (χ3v) is 2.48. The summed E-state index contributed by atoms with van der Waals surface area (Å²) in [6, 6.07) is 3.66. The van der Waals surface area contributed by atoms with Gasteiger partial charge in [0, 0.05) is 13.1 Å². The molecule has 0 aliphatic heterocycles. The van der Waals surface area contributed by atoms with Crippen LogP contribution in [0.3, 0.4) is 0 Å². The monoisotopic (exact) mass is 244 g/mol. The summed E-state index contributed by atoms with van der Waals surface area (Å²) in [5, 5.41) is 3.83. The smallest absolute Gasteiger partial charge is 0.193 e. The molecule has 1 aromatic heterocycles. The van der Waals surface area contributed by atoms with Crippen molar-refractivity contribution in [1.29, 1.82) is 0 Å². The van der Waals surface area contributed by atoms with Gasteiger partial charge < -0.3 is 14.6 Å². The highest BCUT2D eigenvalue weighted by atomic mass is 35.5. The topological polar surface area (TPSA) is 28.4 Å². The number of nitrogens with one attached hydrogen (secondary N) is 1. The standard InChI is InChI=1S/C12H21ClN2O/c1-12(2,9-15(3)4)8-14-7-10-5-6-11(13)16-10/h5-6,14H,7-9H2,1-4H3. The van der Waals surface area contributed by atoms with Crippen LogP contribution >= 0.6 is 11.6 Å². The molecule has 0 spiro atoms. The Labute approximate surface area is 103 Å². The zero-order chi connectivity index (χ0) is 12.2. The lowest BCUT2D eigenvalue weighted by Crippen LogP contribution is -2.37. The van der Waals surface area contributed by atoms with Crippen LogP contribution in [0.2, 0.25) is 5.22 Å². The summed E-state index contributed by atoms with van der Waals surface area (Å²) in [5.74, 6) is 0.880. The lowest BCUT2D eigenvalue weighted by molar-refractivity contribution is 0.230. The second-order valence-corrected chi connectivity index (χ2v) is 5.58. The van der Waals surface area contributed by atoms with Crippen LogP contribution in [0, 0.1) is 5.41 Å². The number of rotatable bonds is 6. The van der Waals surface area contributed by atoms with Crippen LogP contribution in [0.25, 0.3) is 0 Å². The minimum absolute atomic E-state index is 0.250. The Morgan fingerprint density at radius 3 is 2.56 bits per heavy atom. The lowest BCUT2D eigenvalue weighted by atomic mass is 9.93. The first-order chi connectivity index (χ1) is 7.39. The minimum atomic E-state index is 0.250. The van der Waals surface area contributed by atoms with Gasteiger partial charge in [0.1, 0.15) is 5.76 Å². The van der Waals surface area contributed by atoms with Crippen LogP contribution in [0.5, 0.6) is 0 Å². The molecule has 0 atom stereocenters. The zero-order valence-corrected chi connectivity index (χ0v) is 11.3. The van der Waals surface area contributed by atoms with Crippen molar-refractivity contribution in [2.24, 2.45) is 5.41 Å². The molecule has 4 heteroatoms. The molecule has 0 aliphatic rings. The number of nitrogens with zero attached hydrogens (tertiary/aromatic N) is 1. The SMILES string of the molecule is CN(C)CC(C)(C)CNCc1ccc(Cl)o1. The Balaban J connectivity index is 2.29. The Morgan fingerprint density at radius 1 is 1.38 bits per heavy atom. The van der Waals surface area contributed by atoms with Gasteiger partial charge >= 0.3 is 0 Å². The molecule has 0 unspecified atom stereocenters. The van der Waals surface area contributed by atoms with Crippen LogP contribution < -0.4 is 5.32 Å². The van der Waals surface area contributed by atoms with Gasteiger partial charge in [-0.1, -0.05) is 13.8 Å². The van der Waals surface area contributed by atoms with Gasteiger partial charge in [0.15, 0.2) is 5.22 Å². The summed E-state index contributed by atoms with van der Waals surface area (Å²) in [4.78, 5) is 2.20. The van der Waals surface area contributed by atoms with Crippen molar-refractivity contribution in [3.63, 3.8) is 0 Å². The van der Waals surface area contributed by atoms with Crippen molar-refractivity contribution in [3.8, 4) is 0 Å². The maximum absolute atomic E-state index is 5.70. The van der Waals surface area contributed by atoms with Gasteiger partial charge in [0.05, 0.1) is 6.54 Å². The quantitative estimate of drug-likeness (QED) is 0.834. The highest BCUT2D eigenvalue weighted by molar-refractivity contribution is 6.28. The molecule has 16 heavy (non-hydrogen) atoms. The van der Waals surface area contributed by atoms with Crippen LogP contribution in [-0.4, -0.2) is 32.1 Å². The Morgan fingerprint density at radius 2 is 2.06 bits per heavy atom. The molecule has 0 aromatic carbocycles. The van der Waals surface area contributed by atoms with E-state index in [1.165, 1.54) is 0 Å². The third kappa shape index (κ3) is 5.01. The Hall–Kier alpha value is -0.510. The maximum Gasteiger partial charge on any atom is 0.193 e. The summed E-state index contributed by atoms with van der Waals surface area (Å²) in [5.41, 5.74) is 0.250. The van der Waals surface area contributed by atoms with Crippen LogP contribution in [0.15, 0.2) is 16.5 Å². The van der Waals surface area contributed by atoms with Crippen molar-refractivity contribution in [1.82, 2.24) is 10.2 Å². The fourth-order valence-electron chi connectivity index (χ4n) is 1.88. The van der Waals surface area contributed by atoms with E-state index in [1.54, 1.807) is 6.07 Å². The second kappa shape index (κ2) is 5.71. The van der Waals surface area contributed by atoms with Gasteiger partial charge in [-0.3, -0.25) is 0 Å². The molecule has 92 valence electrons. The molecule has 1 N–H and O–H groups in total. The Kier molecular flexibility index (Phi) is 4.84. The van der Waals surface area contributed by atoms with Crippen LogP contribution in [0.4, 0.5) is 0 Å². The average molecular weight is 245 g/mol. The van der Waals surface area contributed by atoms with E-state index in [-0.39, 0.29) is 5.41 Å². The van der Waals surface area contributed by atoms with E-state index in [1.807, 2.05) is 6.07 Å². The molecule has 0 fully saturated rings. The Bertz CT molecular complexity index is 321. The normalized spacial score (nSPS) is 12.4. The molecule has 1 rings (SSSR count). The summed E-state index contributed by atoms with van der Waals surface area (Å²) in [7, 11) is 4.18. The molecule has 1 aromatic rings. The van der Waals surface area contributed by atoms with Crippen molar-refractivity contribution in [2.45, 2.75) is 20.4 Å². The molecule has 0 bridgehead atoms. The fraction of sp³-hybridized carbons (Fsp3) is 0.667. The molecule has 0 radical (unpaired) electrons. The lowest BCUT2D eigenvalue weighted by Gasteiger charge is -2.28. The molecule has 0 aliphatic carbocycles. The molecule has 1 heterocycles. The van der Waals surface area contributed by atoms with Crippen LogP contribution in [0.1, 0.15) is 19.6 Å². The van der Waals surface area contributed by atoms with Gasteiger partial charge in [-0.25, -0.2) is 0 Å². The van der Waals surface area contributed by atoms with Gasteiger partial charge in [-0.05, 0) is 43.2 Å². The third-order valence-electron chi connectivity index (χ3n) is 2.28. The first kappa shape index (κ1) is 13.6. The van der Waals surface area contributed by atoms with E-state index in [0.717, 1.165) is 25.4 Å². The van der Waals surface area contributed by atoms with E-state index < -0.39 is 0 Å². The van der Waals surface area contributed by atoms with Crippen LogP contribution in [-0.2, 0) is 6.54 Å². The van der Waals surface area contributed by atoms with Crippen molar-refractivity contribution < 1.29 is 4.42 Å². The van der Waals surface area contributed by atoms with E-state index >= 15 is 0 Å². The van der Waals surface area contributed by atoms with E-state index in [9.17, 15) is 0 Å². The van der Waals surface area contributed by atoms with Gasteiger partial charge in [0.2, 0.25) is 0 Å².